The maximum Gasteiger partial charge on any atom is 0.274 e. The smallest absolute Gasteiger partial charge is 0.274 e. The molecule has 17 heavy (non-hydrogen) atoms. The fraction of sp³-hybridized carbons (Fsp3) is 0.400. The van der Waals surface area contributed by atoms with E-state index in [9.17, 15) is 9.59 Å². The van der Waals surface area contributed by atoms with Crippen LogP contribution in [0, 0.1) is 0 Å². The monoisotopic (exact) mass is 235 g/mol. The molecule has 0 radical (unpaired) electrons. The molecule has 1 saturated heterocycles. The predicted octanol–water partition coefficient (Wildman–Crippen LogP) is -0.910. The highest BCUT2D eigenvalue weighted by Crippen LogP contribution is 2.05. The van der Waals surface area contributed by atoms with Crippen LogP contribution in [0.2, 0.25) is 0 Å². The molecule has 1 aromatic rings. The van der Waals surface area contributed by atoms with Gasteiger partial charge in [0.2, 0.25) is 5.91 Å². The average Bonchev–Trinajstić information content (AvgIpc) is 2.38. The van der Waals surface area contributed by atoms with Crippen LogP contribution in [0.15, 0.2) is 12.1 Å². The highest BCUT2D eigenvalue weighted by molar-refractivity contribution is 5.95. The first kappa shape index (κ1) is 11.3. The fourth-order valence-electron chi connectivity index (χ4n) is 1.55. The topological polar surface area (TPSA) is 87.2 Å². The molecule has 1 aliphatic rings. The number of hydrogen-bond acceptors (Lipinski definition) is 5. The number of hydrogen-bond donors (Lipinski definition) is 2. The van der Waals surface area contributed by atoms with Crippen LogP contribution in [-0.4, -0.2) is 53.6 Å². The summed E-state index contributed by atoms with van der Waals surface area (Å²) in [5.74, 6) is 0.178. The summed E-state index contributed by atoms with van der Waals surface area (Å²) < 4.78 is 0. The van der Waals surface area contributed by atoms with Gasteiger partial charge in [0.05, 0.1) is 6.54 Å². The Labute approximate surface area is 98.2 Å². The molecule has 2 amide bonds. The van der Waals surface area contributed by atoms with E-state index in [-0.39, 0.29) is 24.1 Å². The van der Waals surface area contributed by atoms with E-state index in [1.807, 2.05) is 0 Å². The second-order valence-electron chi connectivity index (χ2n) is 3.63. The lowest BCUT2D eigenvalue weighted by Gasteiger charge is -2.26. The van der Waals surface area contributed by atoms with Gasteiger partial charge in [-0.3, -0.25) is 9.59 Å². The first-order valence-corrected chi connectivity index (χ1v) is 5.28. The van der Waals surface area contributed by atoms with Gasteiger partial charge in [0.25, 0.3) is 5.91 Å². The third kappa shape index (κ3) is 2.49. The van der Waals surface area contributed by atoms with Crippen molar-refractivity contribution in [2.24, 2.45) is 0 Å². The molecule has 1 aromatic heterocycles. The van der Waals surface area contributed by atoms with Crippen LogP contribution in [0.1, 0.15) is 10.5 Å². The van der Waals surface area contributed by atoms with Gasteiger partial charge in [0.15, 0.2) is 5.69 Å². The summed E-state index contributed by atoms with van der Waals surface area (Å²) in [5, 5.41) is 13.1. The largest absolute Gasteiger partial charge is 0.372 e. The third-order valence-corrected chi connectivity index (χ3v) is 2.47. The molecule has 0 aliphatic carbocycles. The Bertz CT molecular complexity index is 431. The summed E-state index contributed by atoms with van der Waals surface area (Å²) in [6.07, 6.45) is 0. The summed E-state index contributed by atoms with van der Waals surface area (Å²) in [6, 6.07) is 3.26. The first-order valence-electron chi connectivity index (χ1n) is 5.28. The second kappa shape index (κ2) is 4.77. The summed E-state index contributed by atoms with van der Waals surface area (Å²) in [5.41, 5.74) is 0.249. The van der Waals surface area contributed by atoms with Gasteiger partial charge >= 0.3 is 0 Å². The number of rotatable bonds is 2. The molecule has 0 spiro atoms. The molecule has 1 aliphatic heterocycles. The van der Waals surface area contributed by atoms with Crippen molar-refractivity contribution in [3.8, 4) is 0 Å². The summed E-state index contributed by atoms with van der Waals surface area (Å²) >= 11 is 0. The van der Waals surface area contributed by atoms with Gasteiger partial charge in [-0.2, -0.15) is 0 Å². The van der Waals surface area contributed by atoms with Crippen molar-refractivity contribution < 1.29 is 9.59 Å². The van der Waals surface area contributed by atoms with E-state index in [0.29, 0.717) is 18.9 Å². The molecule has 1 fully saturated rings. The Morgan fingerprint density at radius 2 is 2.29 bits per heavy atom. The molecule has 90 valence electrons. The van der Waals surface area contributed by atoms with E-state index in [1.165, 1.54) is 4.90 Å². The molecular formula is C10H13N5O2. The summed E-state index contributed by atoms with van der Waals surface area (Å²) in [4.78, 5) is 24.6. The Balaban J connectivity index is 2.10. The average molecular weight is 235 g/mol. The van der Waals surface area contributed by atoms with Gasteiger partial charge in [0, 0.05) is 20.1 Å². The first-order chi connectivity index (χ1) is 8.20. The molecule has 2 rings (SSSR count). The van der Waals surface area contributed by atoms with E-state index in [4.69, 9.17) is 0 Å². The number of piperazine rings is 1. The van der Waals surface area contributed by atoms with Crippen molar-refractivity contribution in [3.05, 3.63) is 17.8 Å². The van der Waals surface area contributed by atoms with Crippen LogP contribution in [0.4, 0.5) is 5.82 Å². The van der Waals surface area contributed by atoms with Crippen molar-refractivity contribution in [1.82, 2.24) is 20.4 Å². The third-order valence-electron chi connectivity index (χ3n) is 2.47. The molecule has 7 heteroatoms. The van der Waals surface area contributed by atoms with Crippen LogP contribution in [-0.2, 0) is 4.79 Å². The molecule has 0 saturated carbocycles. The van der Waals surface area contributed by atoms with Gasteiger partial charge < -0.3 is 15.5 Å². The Morgan fingerprint density at radius 3 is 2.88 bits per heavy atom. The molecule has 2 N–H and O–H groups in total. The quantitative estimate of drug-likeness (QED) is 0.693. The van der Waals surface area contributed by atoms with Crippen LogP contribution < -0.4 is 10.6 Å². The van der Waals surface area contributed by atoms with E-state index < -0.39 is 0 Å². The number of carbonyl (C=O) groups excluding carboxylic acids is 2. The van der Waals surface area contributed by atoms with Gasteiger partial charge in [-0.1, -0.05) is 0 Å². The molecule has 0 aromatic carbocycles. The molecule has 0 atom stereocenters. The zero-order chi connectivity index (χ0) is 12.3. The number of aromatic nitrogens is 2. The zero-order valence-electron chi connectivity index (χ0n) is 9.43. The highest BCUT2D eigenvalue weighted by atomic mass is 16.2. The van der Waals surface area contributed by atoms with E-state index >= 15 is 0 Å². The maximum absolute atomic E-state index is 12.0. The van der Waals surface area contributed by atoms with Crippen molar-refractivity contribution in [3.63, 3.8) is 0 Å². The Morgan fingerprint density at radius 1 is 1.47 bits per heavy atom. The van der Waals surface area contributed by atoms with Gasteiger partial charge in [-0.15, -0.1) is 10.2 Å². The van der Waals surface area contributed by atoms with Crippen molar-refractivity contribution in [2.45, 2.75) is 0 Å². The molecular weight excluding hydrogens is 222 g/mol. The Kier molecular flexibility index (Phi) is 3.17. The minimum absolute atomic E-state index is 0.0777. The summed E-state index contributed by atoms with van der Waals surface area (Å²) in [6.45, 7) is 1.06. The number of nitrogens with zero attached hydrogens (tertiary/aromatic N) is 3. The zero-order valence-corrected chi connectivity index (χ0v) is 9.43. The lowest BCUT2D eigenvalue weighted by Crippen LogP contribution is -2.50. The van der Waals surface area contributed by atoms with E-state index in [1.54, 1.807) is 19.2 Å². The number of amides is 2. The summed E-state index contributed by atoms with van der Waals surface area (Å²) in [7, 11) is 1.72. The van der Waals surface area contributed by atoms with Crippen molar-refractivity contribution >= 4 is 17.6 Å². The minimum atomic E-state index is -0.269. The Hall–Kier alpha value is -2.18. The normalized spacial score (nSPS) is 15.4. The molecule has 2 heterocycles. The molecule has 7 nitrogen and oxygen atoms in total. The lowest BCUT2D eigenvalue weighted by atomic mass is 10.3. The highest BCUT2D eigenvalue weighted by Gasteiger charge is 2.23. The number of nitrogens with one attached hydrogen (secondary N) is 2. The van der Waals surface area contributed by atoms with Crippen molar-refractivity contribution in [2.75, 3.05) is 32.0 Å². The van der Waals surface area contributed by atoms with Crippen LogP contribution in [0.25, 0.3) is 0 Å². The standard InChI is InChI=1S/C10H13N5O2/c1-11-8-3-2-7(13-14-8)10(17)15-5-4-12-9(16)6-15/h2-3H,4-6H2,1H3,(H,11,14)(H,12,16). The lowest BCUT2D eigenvalue weighted by molar-refractivity contribution is -0.123. The fourth-order valence-corrected chi connectivity index (χ4v) is 1.55. The number of anilines is 1. The molecule has 0 bridgehead atoms. The van der Waals surface area contributed by atoms with Crippen LogP contribution in [0.5, 0.6) is 0 Å². The SMILES string of the molecule is CNc1ccc(C(=O)N2CCNC(=O)C2)nn1. The second-order valence-corrected chi connectivity index (χ2v) is 3.63. The van der Waals surface area contributed by atoms with Gasteiger partial charge in [0.1, 0.15) is 5.82 Å². The molecule has 0 unspecified atom stereocenters. The van der Waals surface area contributed by atoms with Gasteiger partial charge in [-0.25, -0.2) is 0 Å². The van der Waals surface area contributed by atoms with Gasteiger partial charge in [-0.05, 0) is 12.1 Å². The van der Waals surface area contributed by atoms with E-state index in [2.05, 4.69) is 20.8 Å². The minimum Gasteiger partial charge on any atom is -0.372 e. The van der Waals surface area contributed by atoms with Crippen LogP contribution in [0.3, 0.4) is 0 Å². The van der Waals surface area contributed by atoms with Crippen molar-refractivity contribution in [1.29, 1.82) is 0 Å². The maximum atomic E-state index is 12.0. The van der Waals surface area contributed by atoms with E-state index in [0.717, 1.165) is 0 Å². The predicted molar refractivity (Wildman–Crippen MR) is 60.5 cm³/mol. The van der Waals surface area contributed by atoms with Crippen LogP contribution >= 0.6 is 0 Å². The number of carbonyl (C=O) groups is 2.